The predicted molar refractivity (Wildman–Crippen MR) is 73.3 cm³/mol. The first kappa shape index (κ1) is 15.1. The third kappa shape index (κ3) is 3.06. The molecule has 0 radical (unpaired) electrons. The second-order valence-corrected chi connectivity index (χ2v) is 5.96. The maximum absolute atomic E-state index is 12.6. The molecule has 114 valence electrons. The van der Waals surface area contributed by atoms with Crippen molar-refractivity contribution < 1.29 is 19.8 Å². The van der Waals surface area contributed by atoms with Crippen molar-refractivity contribution in [3.8, 4) is 0 Å². The van der Waals surface area contributed by atoms with Gasteiger partial charge in [-0.25, -0.2) is 4.79 Å². The molecule has 0 aromatic carbocycles. The van der Waals surface area contributed by atoms with E-state index in [0.717, 1.165) is 19.3 Å². The van der Waals surface area contributed by atoms with Crippen LogP contribution in [0.5, 0.6) is 0 Å². The van der Waals surface area contributed by atoms with E-state index >= 15 is 0 Å². The smallest absolute Gasteiger partial charge is 0.320 e. The van der Waals surface area contributed by atoms with E-state index in [-0.39, 0.29) is 24.6 Å². The third-order valence-electron chi connectivity index (χ3n) is 4.54. The van der Waals surface area contributed by atoms with E-state index in [1.165, 1.54) is 0 Å². The molecule has 2 saturated heterocycles. The lowest BCUT2D eigenvalue weighted by atomic mass is 9.99. The van der Waals surface area contributed by atoms with Gasteiger partial charge < -0.3 is 20.0 Å². The number of aliphatic hydroxyl groups excluding tert-OH is 1. The minimum atomic E-state index is -0.821. The number of hydrogen-bond acceptors (Lipinski definition) is 3. The lowest BCUT2D eigenvalue weighted by molar-refractivity contribution is -0.142. The topological polar surface area (TPSA) is 81.1 Å². The Bertz CT molecular complexity index is 372. The number of rotatable bonds is 3. The number of carbonyl (C=O) groups is 2. The number of aliphatic hydroxyl groups is 1. The zero-order chi connectivity index (χ0) is 14.7. The van der Waals surface area contributed by atoms with Crippen molar-refractivity contribution in [1.29, 1.82) is 0 Å². The molecule has 0 aliphatic carbocycles. The van der Waals surface area contributed by atoms with Crippen molar-refractivity contribution in [3.63, 3.8) is 0 Å². The van der Waals surface area contributed by atoms with Crippen LogP contribution in [0.1, 0.15) is 32.6 Å². The van der Waals surface area contributed by atoms with E-state index in [9.17, 15) is 9.59 Å². The molecule has 0 bridgehead atoms. The van der Waals surface area contributed by atoms with E-state index in [0.29, 0.717) is 26.1 Å². The summed E-state index contributed by atoms with van der Waals surface area (Å²) in [5, 5.41) is 18.3. The first-order valence-corrected chi connectivity index (χ1v) is 7.43. The van der Waals surface area contributed by atoms with Crippen molar-refractivity contribution in [2.75, 3.05) is 26.2 Å². The van der Waals surface area contributed by atoms with Gasteiger partial charge in [0.15, 0.2) is 0 Å². The molecule has 20 heavy (non-hydrogen) atoms. The Hall–Kier alpha value is -1.30. The Morgan fingerprint density at radius 3 is 2.60 bits per heavy atom. The van der Waals surface area contributed by atoms with Gasteiger partial charge in [-0.15, -0.1) is 0 Å². The fourth-order valence-electron chi connectivity index (χ4n) is 3.33. The van der Waals surface area contributed by atoms with Crippen molar-refractivity contribution >= 4 is 12.0 Å². The minimum Gasteiger partial charge on any atom is -0.481 e. The average molecular weight is 284 g/mol. The standard InChI is InChI=1S/C14H24N2O4/c1-10-8-15(9-12(10)13(18)19)14(20)16-6-3-2-4-11(16)5-7-17/h10-12,17H,2-9H2,1H3,(H,18,19)/t10-,11?,12-/m1/s1. The molecule has 2 amide bonds. The Balaban J connectivity index is 2.01. The van der Waals surface area contributed by atoms with Gasteiger partial charge in [0.05, 0.1) is 5.92 Å². The van der Waals surface area contributed by atoms with Gasteiger partial charge in [-0.1, -0.05) is 6.92 Å². The Morgan fingerprint density at radius 2 is 2.00 bits per heavy atom. The largest absolute Gasteiger partial charge is 0.481 e. The molecule has 6 nitrogen and oxygen atoms in total. The molecule has 2 aliphatic rings. The first-order chi connectivity index (χ1) is 9.54. The maximum Gasteiger partial charge on any atom is 0.320 e. The molecule has 0 spiro atoms. The highest BCUT2D eigenvalue weighted by Gasteiger charge is 2.39. The van der Waals surface area contributed by atoms with Crippen LogP contribution >= 0.6 is 0 Å². The number of hydrogen-bond donors (Lipinski definition) is 2. The molecular weight excluding hydrogens is 260 g/mol. The lowest BCUT2D eigenvalue weighted by Gasteiger charge is -2.38. The van der Waals surface area contributed by atoms with Crippen LogP contribution in [-0.4, -0.2) is 64.3 Å². The average Bonchev–Trinajstić information content (AvgIpc) is 2.81. The SMILES string of the molecule is C[C@@H]1CN(C(=O)N2CCCCC2CCO)C[C@H]1C(=O)O. The summed E-state index contributed by atoms with van der Waals surface area (Å²) < 4.78 is 0. The molecule has 0 aromatic heterocycles. The number of carboxylic acid groups (broad SMARTS) is 1. The van der Waals surface area contributed by atoms with E-state index in [1.54, 1.807) is 4.90 Å². The summed E-state index contributed by atoms with van der Waals surface area (Å²) in [6.45, 7) is 3.50. The van der Waals surface area contributed by atoms with Gasteiger partial charge >= 0.3 is 12.0 Å². The molecule has 2 heterocycles. The number of aliphatic carboxylic acids is 1. The van der Waals surface area contributed by atoms with Gasteiger partial charge in [0.1, 0.15) is 0 Å². The Kier molecular flexibility index (Phi) is 4.86. The number of amides is 2. The highest BCUT2D eigenvalue weighted by atomic mass is 16.4. The summed E-state index contributed by atoms with van der Waals surface area (Å²) in [6, 6.07) is 0.0409. The van der Waals surface area contributed by atoms with Gasteiger partial charge in [0, 0.05) is 32.3 Å². The molecule has 3 atom stereocenters. The van der Waals surface area contributed by atoms with Gasteiger partial charge in [-0.2, -0.15) is 0 Å². The van der Waals surface area contributed by atoms with Crippen LogP contribution in [0.4, 0.5) is 4.79 Å². The molecule has 6 heteroatoms. The summed E-state index contributed by atoms with van der Waals surface area (Å²) in [4.78, 5) is 27.2. The van der Waals surface area contributed by atoms with Crippen LogP contribution in [0.15, 0.2) is 0 Å². The van der Waals surface area contributed by atoms with Crippen molar-refractivity contribution in [2.45, 2.75) is 38.6 Å². The summed E-state index contributed by atoms with van der Waals surface area (Å²) in [6.07, 6.45) is 3.61. The monoisotopic (exact) mass is 284 g/mol. The summed E-state index contributed by atoms with van der Waals surface area (Å²) >= 11 is 0. The predicted octanol–water partition coefficient (Wildman–Crippen LogP) is 0.996. The lowest BCUT2D eigenvalue weighted by Crippen LogP contribution is -2.50. The molecule has 2 rings (SSSR count). The van der Waals surface area contributed by atoms with Crippen molar-refractivity contribution in [1.82, 2.24) is 9.80 Å². The summed E-state index contributed by atoms with van der Waals surface area (Å²) in [5.41, 5.74) is 0. The Labute approximate surface area is 119 Å². The maximum atomic E-state index is 12.6. The Morgan fingerprint density at radius 1 is 1.25 bits per heavy atom. The highest BCUT2D eigenvalue weighted by Crippen LogP contribution is 2.27. The van der Waals surface area contributed by atoms with Crippen molar-refractivity contribution in [3.05, 3.63) is 0 Å². The fourth-order valence-corrected chi connectivity index (χ4v) is 3.33. The van der Waals surface area contributed by atoms with Gasteiger partial charge in [0.25, 0.3) is 0 Å². The fraction of sp³-hybridized carbons (Fsp3) is 0.857. The van der Waals surface area contributed by atoms with Crippen LogP contribution in [-0.2, 0) is 4.79 Å². The van der Waals surface area contributed by atoms with Crippen LogP contribution < -0.4 is 0 Å². The molecule has 0 aromatic rings. The van der Waals surface area contributed by atoms with E-state index in [2.05, 4.69) is 0 Å². The van der Waals surface area contributed by atoms with Gasteiger partial charge in [-0.3, -0.25) is 4.79 Å². The molecule has 2 N–H and O–H groups in total. The van der Waals surface area contributed by atoms with Crippen LogP contribution in [0, 0.1) is 11.8 Å². The summed E-state index contributed by atoms with van der Waals surface area (Å²) in [7, 11) is 0. The molecular formula is C14H24N2O4. The van der Waals surface area contributed by atoms with E-state index in [1.807, 2.05) is 11.8 Å². The summed E-state index contributed by atoms with van der Waals surface area (Å²) in [5.74, 6) is -1.28. The van der Waals surface area contributed by atoms with Crippen LogP contribution in [0.2, 0.25) is 0 Å². The molecule has 2 fully saturated rings. The quantitative estimate of drug-likeness (QED) is 0.810. The van der Waals surface area contributed by atoms with Gasteiger partial charge in [-0.05, 0) is 31.6 Å². The second kappa shape index (κ2) is 6.43. The molecule has 1 unspecified atom stereocenters. The zero-order valence-corrected chi connectivity index (χ0v) is 12.0. The normalized spacial score (nSPS) is 30.6. The van der Waals surface area contributed by atoms with Crippen LogP contribution in [0.3, 0.4) is 0 Å². The number of carbonyl (C=O) groups excluding carboxylic acids is 1. The van der Waals surface area contributed by atoms with E-state index in [4.69, 9.17) is 10.2 Å². The molecule has 0 saturated carbocycles. The number of urea groups is 1. The zero-order valence-electron chi connectivity index (χ0n) is 12.0. The number of likely N-dealkylation sites (tertiary alicyclic amines) is 2. The molecule has 2 aliphatic heterocycles. The number of piperidine rings is 1. The first-order valence-electron chi connectivity index (χ1n) is 7.43. The number of carboxylic acids is 1. The minimum absolute atomic E-state index is 0.00228. The number of nitrogens with zero attached hydrogens (tertiary/aromatic N) is 2. The van der Waals surface area contributed by atoms with Gasteiger partial charge in [0.2, 0.25) is 0 Å². The van der Waals surface area contributed by atoms with Crippen molar-refractivity contribution in [2.24, 2.45) is 11.8 Å². The highest BCUT2D eigenvalue weighted by molar-refractivity contribution is 5.78. The second-order valence-electron chi connectivity index (χ2n) is 5.96. The van der Waals surface area contributed by atoms with E-state index < -0.39 is 11.9 Å². The van der Waals surface area contributed by atoms with Crippen LogP contribution in [0.25, 0.3) is 0 Å². The third-order valence-corrected chi connectivity index (χ3v) is 4.54.